The molecule has 0 spiro atoms. The molecule has 0 bridgehead atoms. The van der Waals surface area contributed by atoms with Crippen LogP contribution in [0.2, 0.25) is 0 Å². The Morgan fingerprint density at radius 2 is 1.79 bits per heavy atom. The minimum atomic E-state index is -0.447. The molecule has 2 aromatic carbocycles. The SMILES string of the molecule is COc1ccc(CN(Cc2ccc3ncccc3c2)C(N)=O)cc1. The predicted molar refractivity (Wildman–Crippen MR) is 93.6 cm³/mol. The second-order valence-corrected chi connectivity index (χ2v) is 5.57. The maximum absolute atomic E-state index is 11.8. The van der Waals surface area contributed by atoms with Gasteiger partial charge >= 0.3 is 6.03 Å². The maximum atomic E-state index is 11.8. The Labute approximate surface area is 140 Å². The molecule has 122 valence electrons. The van der Waals surface area contributed by atoms with E-state index < -0.39 is 6.03 Å². The average molecular weight is 321 g/mol. The molecule has 24 heavy (non-hydrogen) atoms. The first-order chi connectivity index (χ1) is 11.7. The van der Waals surface area contributed by atoms with Crippen molar-refractivity contribution in [3.05, 3.63) is 71.9 Å². The molecular weight excluding hydrogens is 302 g/mol. The normalized spacial score (nSPS) is 10.5. The van der Waals surface area contributed by atoms with Crippen molar-refractivity contribution in [3.8, 4) is 5.75 Å². The zero-order valence-electron chi connectivity index (χ0n) is 13.5. The summed E-state index contributed by atoms with van der Waals surface area (Å²) in [4.78, 5) is 17.7. The number of aromatic nitrogens is 1. The van der Waals surface area contributed by atoms with Crippen molar-refractivity contribution in [1.29, 1.82) is 0 Å². The fraction of sp³-hybridized carbons (Fsp3) is 0.158. The second kappa shape index (κ2) is 7.00. The van der Waals surface area contributed by atoms with Crippen LogP contribution in [-0.2, 0) is 13.1 Å². The Hall–Kier alpha value is -3.08. The number of nitrogens with two attached hydrogens (primary N) is 1. The highest BCUT2D eigenvalue weighted by Gasteiger charge is 2.12. The lowest BCUT2D eigenvalue weighted by Gasteiger charge is -2.21. The summed E-state index contributed by atoms with van der Waals surface area (Å²) in [5, 5.41) is 1.05. The number of carbonyl (C=O) groups is 1. The second-order valence-electron chi connectivity index (χ2n) is 5.57. The highest BCUT2D eigenvalue weighted by Crippen LogP contribution is 2.17. The first-order valence-corrected chi connectivity index (χ1v) is 7.66. The number of hydrogen-bond acceptors (Lipinski definition) is 3. The Balaban J connectivity index is 1.78. The molecule has 0 atom stereocenters. The quantitative estimate of drug-likeness (QED) is 0.784. The Morgan fingerprint density at radius 1 is 1.08 bits per heavy atom. The van der Waals surface area contributed by atoms with Crippen LogP contribution in [0.4, 0.5) is 4.79 Å². The van der Waals surface area contributed by atoms with Gasteiger partial charge in [-0.25, -0.2) is 4.79 Å². The molecule has 0 aliphatic rings. The molecule has 1 heterocycles. The molecule has 0 saturated carbocycles. The van der Waals surface area contributed by atoms with E-state index in [2.05, 4.69) is 4.98 Å². The Bertz CT molecular complexity index is 847. The lowest BCUT2D eigenvalue weighted by atomic mass is 10.1. The third kappa shape index (κ3) is 3.63. The molecule has 2 N–H and O–H groups in total. The molecule has 5 nitrogen and oxygen atoms in total. The standard InChI is InChI=1S/C19H19N3O2/c1-24-17-7-4-14(5-8-17)12-22(19(20)23)13-15-6-9-18-16(11-15)3-2-10-21-18/h2-11H,12-13H2,1H3,(H2,20,23). The van der Waals surface area contributed by atoms with E-state index in [1.165, 1.54) is 0 Å². The summed E-state index contributed by atoms with van der Waals surface area (Å²) in [5.41, 5.74) is 8.50. The fourth-order valence-electron chi connectivity index (χ4n) is 2.61. The van der Waals surface area contributed by atoms with Crippen molar-refractivity contribution in [2.75, 3.05) is 7.11 Å². The van der Waals surface area contributed by atoms with E-state index in [1.807, 2.05) is 54.6 Å². The summed E-state index contributed by atoms with van der Waals surface area (Å²) < 4.78 is 5.15. The fourth-order valence-corrected chi connectivity index (χ4v) is 2.61. The molecule has 0 aliphatic carbocycles. The summed E-state index contributed by atoms with van der Waals surface area (Å²) in [7, 11) is 1.62. The van der Waals surface area contributed by atoms with Crippen LogP contribution in [0.5, 0.6) is 5.75 Å². The first-order valence-electron chi connectivity index (χ1n) is 7.66. The number of fused-ring (bicyclic) bond motifs is 1. The van der Waals surface area contributed by atoms with E-state index >= 15 is 0 Å². The molecular formula is C19H19N3O2. The van der Waals surface area contributed by atoms with Gasteiger partial charge in [-0.3, -0.25) is 4.98 Å². The van der Waals surface area contributed by atoms with Crippen LogP contribution < -0.4 is 10.5 Å². The van der Waals surface area contributed by atoms with Gasteiger partial charge in [0.25, 0.3) is 0 Å². The summed E-state index contributed by atoms with van der Waals surface area (Å²) >= 11 is 0. The van der Waals surface area contributed by atoms with Gasteiger partial charge in [0, 0.05) is 24.7 Å². The highest BCUT2D eigenvalue weighted by molar-refractivity contribution is 5.79. The largest absolute Gasteiger partial charge is 0.497 e. The topological polar surface area (TPSA) is 68.4 Å². The Morgan fingerprint density at radius 3 is 2.50 bits per heavy atom. The monoisotopic (exact) mass is 321 g/mol. The minimum Gasteiger partial charge on any atom is -0.497 e. The summed E-state index contributed by atoms with van der Waals surface area (Å²) in [5.74, 6) is 0.784. The summed E-state index contributed by atoms with van der Waals surface area (Å²) in [6.45, 7) is 0.899. The van der Waals surface area contributed by atoms with Crippen LogP contribution in [-0.4, -0.2) is 23.0 Å². The molecule has 0 aliphatic heterocycles. The molecule has 1 aromatic heterocycles. The van der Waals surface area contributed by atoms with Gasteiger partial charge in [0.05, 0.1) is 12.6 Å². The van der Waals surface area contributed by atoms with Gasteiger partial charge in [0.15, 0.2) is 0 Å². The number of benzene rings is 2. The third-order valence-electron chi connectivity index (χ3n) is 3.89. The number of nitrogens with zero attached hydrogens (tertiary/aromatic N) is 2. The van der Waals surface area contributed by atoms with Crippen molar-refractivity contribution in [2.45, 2.75) is 13.1 Å². The Kier molecular flexibility index (Phi) is 4.61. The zero-order chi connectivity index (χ0) is 16.9. The number of methoxy groups -OCH3 is 1. The van der Waals surface area contributed by atoms with Gasteiger partial charge in [0.2, 0.25) is 0 Å². The van der Waals surface area contributed by atoms with Crippen molar-refractivity contribution >= 4 is 16.9 Å². The van der Waals surface area contributed by atoms with Crippen LogP contribution in [0.3, 0.4) is 0 Å². The molecule has 0 unspecified atom stereocenters. The van der Waals surface area contributed by atoms with Gasteiger partial charge in [-0.1, -0.05) is 24.3 Å². The average Bonchev–Trinajstić information content (AvgIpc) is 2.61. The van der Waals surface area contributed by atoms with Gasteiger partial charge < -0.3 is 15.4 Å². The predicted octanol–water partition coefficient (Wildman–Crippen LogP) is 3.32. The van der Waals surface area contributed by atoms with Gasteiger partial charge in [-0.05, 0) is 41.5 Å². The van der Waals surface area contributed by atoms with E-state index in [4.69, 9.17) is 10.5 Å². The first kappa shape index (κ1) is 15.8. The van der Waals surface area contributed by atoms with Crippen molar-refractivity contribution in [3.63, 3.8) is 0 Å². The zero-order valence-corrected chi connectivity index (χ0v) is 13.5. The van der Waals surface area contributed by atoms with Crippen LogP contribution in [0.1, 0.15) is 11.1 Å². The van der Waals surface area contributed by atoms with Crippen LogP contribution in [0.15, 0.2) is 60.8 Å². The molecule has 3 rings (SSSR count). The van der Waals surface area contributed by atoms with Crippen molar-refractivity contribution < 1.29 is 9.53 Å². The number of urea groups is 1. The van der Waals surface area contributed by atoms with E-state index in [0.29, 0.717) is 13.1 Å². The molecule has 5 heteroatoms. The van der Waals surface area contributed by atoms with Gasteiger partial charge in [-0.2, -0.15) is 0 Å². The maximum Gasteiger partial charge on any atom is 0.315 e. The van der Waals surface area contributed by atoms with E-state index in [1.54, 1.807) is 18.2 Å². The number of amides is 2. The van der Waals surface area contributed by atoms with Gasteiger partial charge in [0.1, 0.15) is 5.75 Å². The molecule has 0 saturated heterocycles. The summed E-state index contributed by atoms with van der Waals surface area (Å²) in [6, 6.07) is 17.0. The smallest absolute Gasteiger partial charge is 0.315 e. The van der Waals surface area contributed by atoms with Gasteiger partial charge in [-0.15, -0.1) is 0 Å². The van der Waals surface area contributed by atoms with Crippen LogP contribution in [0.25, 0.3) is 10.9 Å². The lowest BCUT2D eigenvalue weighted by molar-refractivity contribution is 0.202. The number of carbonyl (C=O) groups excluding carboxylic acids is 1. The third-order valence-corrected chi connectivity index (χ3v) is 3.89. The number of rotatable bonds is 5. The molecule has 2 amide bonds. The number of primary amides is 1. The molecule has 0 fully saturated rings. The summed E-state index contributed by atoms with van der Waals surface area (Å²) in [6.07, 6.45) is 1.77. The molecule has 3 aromatic rings. The highest BCUT2D eigenvalue weighted by atomic mass is 16.5. The lowest BCUT2D eigenvalue weighted by Crippen LogP contribution is -2.34. The van der Waals surface area contributed by atoms with E-state index in [-0.39, 0.29) is 0 Å². The van der Waals surface area contributed by atoms with Crippen molar-refractivity contribution in [2.24, 2.45) is 5.73 Å². The molecule has 0 radical (unpaired) electrons. The van der Waals surface area contributed by atoms with Crippen molar-refractivity contribution in [1.82, 2.24) is 9.88 Å². The van der Waals surface area contributed by atoms with E-state index in [9.17, 15) is 4.79 Å². The number of hydrogen-bond donors (Lipinski definition) is 1. The van der Waals surface area contributed by atoms with Crippen LogP contribution in [0, 0.1) is 0 Å². The van der Waals surface area contributed by atoms with Crippen LogP contribution >= 0.6 is 0 Å². The minimum absolute atomic E-state index is 0.447. The number of ether oxygens (including phenoxy) is 1. The number of pyridine rings is 1. The van der Waals surface area contributed by atoms with E-state index in [0.717, 1.165) is 27.8 Å².